The van der Waals surface area contributed by atoms with Crippen molar-refractivity contribution >= 4 is 50.5 Å². The van der Waals surface area contributed by atoms with E-state index >= 15 is 0 Å². The van der Waals surface area contributed by atoms with Crippen LogP contribution < -0.4 is 10.5 Å². The Morgan fingerprint density at radius 3 is 1.85 bits per heavy atom. The summed E-state index contributed by atoms with van der Waals surface area (Å²) in [5.41, 5.74) is 4.79. The molecule has 0 fully saturated rings. The third-order valence-corrected chi connectivity index (χ3v) is 9.26. The van der Waals surface area contributed by atoms with E-state index in [1.807, 2.05) is 6.92 Å². The standard InChI is InChI=1S/C24H49IN2O4S2/c1-3-4-5-6-7-8-9-10-11-12-13-14-15-16-19-32-23(31-24(26)28)22(2)21-27-33(29,30)20-17-18-25/h22-23,27H,3-21H2,1-2H3,(H2,26,28). The summed E-state index contributed by atoms with van der Waals surface area (Å²) in [6.07, 6.45) is 18.3. The fourth-order valence-electron chi connectivity index (χ4n) is 3.60. The molecule has 0 spiro atoms. The Bertz CT molecular complexity index is 565. The zero-order valence-electron chi connectivity index (χ0n) is 21.0. The lowest BCUT2D eigenvalue weighted by molar-refractivity contribution is 0.124. The summed E-state index contributed by atoms with van der Waals surface area (Å²) in [4.78, 5) is 11.3. The van der Waals surface area contributed by atoms with Crippen molar-refractivity contribution in [1.29, 1.82) is 0 Å². The Kier molecular flexibility index (Phi) is 22.9. The lowest BCUT2D eigenvalue weighted by atomic mass is 10.0. The van der Waals surface area contributed by atoms with Crippen molar-refractivity contribution in [1.82, 2.24) is 4.72 Å². The third-order valence-electron chi connectivity index (χ3n) is 5.65. The maximum Gasteiger partial charge on any atom is 0.405 e. The second-order valence-electron chi connectivity index (χ2n) is 8.96. The number of carbonyl (C=O) groups is 1. The molecule has 0 aliphatic rings. The van der Waals surface area contributed by atoms with Gasteiger partial charge in [0.15, 0.2) is 5.44 Å². The monoisotopic (exact) mass is 620 g/mol. The number of unbranched alkanes of at least 4 members (excludes halogenated alkanes) is 13. The summed E-state index contributed by atoms with van der Waals surface area (Å²) in [5, 5.41) is 0. The van der Waals surface area contributed by atoms with Gasteiger partial charge in [0.2, 0.25) is 10.0 Å². The number of nitrogens with two attached hydrogens (primary N) is 1. The molecular formula is C24H49IN2O4S2. The van der Waals surface area contributed by atoms with E-state index in [2.05, 4.69) is 34.2 Å². The largest absolute Gasteiger partial charge is 0.435 e. The van der Waals surface area contributed by atoms with Crippen LogP contribution in [0.15, 0.2) is 0 Å². The predicted molar refractivity (Wildman–Crippen MR) is 152 cm³/mol. The minimum Gasteiger partial charge on any atom is -0.435 e. The molecule has 0 aliphatic heterocycles. The van der Waals surface area contributed by atoms with Crippen LogP contribution in [-0.2, 0) is 14.8 Å². The van der Waals surface area contributed by atoms with Crippen molar-refractivity contribution in [3.8, 4) is 0 Å². The van der Waals surface area contributed by atoms with Gasteiger partial charge in [0.1, 0.15) is 0 Å². The van der Waals surface area contributed by atoms with Gasteiger partial charge in [-0.2, -0.15) is 0 Å². The van der Waals surface area contributed by atoms with E-state index < -0.39 is 21.6 Å². The van der Waals surface area contributed by atoms with Gasteiger partial charge in [-0.15, -0.1) is 11.8 Å². The quantitative estimate of drug-likeness (QED) is 0.0524. The van der Waals surface area contributed by atoms with Crippen molar-refractivity contribution in [2.45, 2.75) is 116 Å². The first kappa shape index (κ1) is 33.3. The Hall–Kier alpha value is 0.260. The normalized spacial score (nSPS) is 13.7. The van der Waals surface area contributed by atoms with Crippen molar-refractivity contribution in [2.24, 2.45) is 11.7 Å². The molecule has 33 heavy (non-hydrogen) atoms. The highest BCUT2D eigenvalue weighted by molar-refractivity contribution is 14.1. The predicted octanol–water partition coefficient (Wildman–Crippen LogP) is 7.00. The number of ether oxygens (including phenoxy) is 1. The molecule has 198 valence electrons. The van der Waals surface area contributed by atoms with E-state index in [-0.39, 0.29) is 18.2 Å². The second-order valence-corrected chi connectivity index (χ2v) is 13.2. The highest BCUT2D eigenvalue weighted by Gasteiger charge is 2.23. The average molecular weight is 621 g/mol. The number of carbonyl (C=O) groups excluding carboxylic acids is 1. The van der Waals surface area contributed by atoms with Crippen LogP contribution in [0.3, 0.4) is 0 Å². The van der Waals surface area contributed by atoms with Crippen molar-refractivity contribution in [3.05, 3.63) is 0 Å². The molecular weight excluding hydrogens is 571 g/mol. The van der Waals surface area contributed by atoms with E-state index in [0.29, 0.717) is 6.42 Å². The Morgan fingerprint density at radius 1 is 0.909 bits per heavy atom. The summed E-state index contributed by atoms with van der Waals surface area (Å²) >= 11 is 3.72. The van der Waals surface area contributed by atoms with E-state index in [4.69, 9.17) is 10.5 Å². The first-order chi connectivity index (χ1) is 15.8. The minimum absolute atomic E-state index is 0.121. The smallest absolute Gasteiger partial charge is 0.405 e. The number of halogens is 1. The van der Waals surface area contributed by atoms with Gasteiger partial charge in [0.25, 0.3) is 0 Å². The van der Waals surface area contributed by atoms with Gasteiger partial charge >= 0.3 is 6.09 Å². The number of amides is 1. The number of hydrogen-bond donors (Lipinski definition) is 2. The van der Waals surface area contributed by atoms with Gasteiger partial charge in [-0.1, -0.05) is 120 Å². The average Bonchev–Trinajstić information content (AvgIpc) is 2.77. The number of hydrogen-bond acceptors (Lipinski definition) is 5. The molecule has 0 saturated carbocycles. The lowest BCUT2D eigenvalue weighted by Gasteiger charge is -2.23. The SMILES string of the molecule is CCCCCCCCCCCCCCCCSC(OC(N)=O)C(C)CNS(=O)(=O)CCCI. The van der Waals surface area contributed by atoms with Gasteiger partial charge in [-0.25, -0.2) is 17.9 Å². The minimum atomic E-state index is -3.29. The fourth-order valence-corrected chi connectivity index (χ4v) is 6.87. The molecule has 0 rings (SSSR count). The van der Waals surface area contributed by atoms with E-state index in [1.165, 1.54) is 83.5 Å². The number of thioether (sulfide) groups is 1. The molecule has 6 nitrogen and oxygen atoms in total. The Labute approximate surface area is 221 Å². The summed E-state index contributed by atoms with van der Waals surface area (Å²) in [7, 11) is -3.29. The second kappa shape index (κ2) is 22.7. The maximum atomic E-state index is 12.0. The van der Waals surface area contributed by atoms with E-state index in [9.17, 15) is 13.2 Å². The van der Waals surface area contributed by atoms with Crippen LogP contribution in [0.4, 0.5) is 4.79 Å². The first-order valence-corrected chi connectivity index (χ1v) is 17.2. The number of sulfonamides is 1. The van der Waals surface area contributed by atoms with Crippen LogP contribution >= 0.6 is 34.4 Å². The van der Waals surface area contributed by atoms with E-state index in [0.717, 1.165) is 16.6 Å². The van der Waals surface area contributed by atoms with Gasteiger partial charge in [-0.05, 0) is 18.6 Å². The molecule has 0 bridgehead atoms. The molecule has 0 aromatic carbocycles. The van der Waals surface area contributed by atoms with E-state index in [1.54, 1.807) is 11.8 Å². The van der Waals surface area contributed by atoms with Gasteiger partial charge in [0, 0.05) is 16.9 Å². The zero-order valence-corrected chi connectivity index (χ0v) is 24.8. The highest BCUT2D eigenvalue weighted by atomic mass is 127. The number of primary amides is 1. The lowest BCUT2D eigenvalue weighted by Crippen LogP contribution is -2.36. The number of alkyl halides is 1. The molecule has 1 amide bonds. The summed E-state index contributed by atoms with van der Waals surface area (Å²) in [5.74, 6) is 0.849. The molecule has 9 heteroatoms. The van der Waals surface area contributed by atoms with Crippen molar-refractivity contribution in [3.63, 3.8) is 0 Å². The van der Waals surface area contributed by atoms with Crippen LogP contribution in [0.1, 0.15) is 110 Å². The van der Waals surface area contributed by atoms with Crippen LogP contribution in [0, 0.1) is 5.92 Å². The maximum absolute atomic E-state index is 12.0. The van der Waals surface area contributed by atoms with Crippen molar-refractivity contribution < 1.29 is 17.9 Å². The van der Waals surface area contributed by atoms with Crippen molar-refractivity contribution in [2.75, 3.05) is 22.5 Å². The molecule has 0 saturated heterocycles. The molecule has 3 N–H and O–H groups in total. The topological polar surface area (TPSA) is 98.5 Å². The molecule has 0 aromatic heterocycles. The molecule has 0 radical (unpaired) electrons. The summed E-state index contributed by atoms with van der Waals surface area (Å²) in [6, 6.07) is 0. The molecule has 0 aliphatic carbocycles. The van der Waals surface area contributed by atoms with Gasteiger partial charge in [-0.3, -0.25) is 0 Å². The molecule has 2 atom stereocenters. The van der Waals surface area contributed by atoms with Gasteiger partial charge < -0.3 is 10.5 Å². The Balaban J connectivity index is 3.84. The summed E-state index contributed by atoms with van der Waals surface area (Å²) < 4.78 is 32.7. The van der Waals surface area contributed by atoms with Gasteiger partial charge in [0.05, 0.1) is 5.75 Å². The molecule has 2 unspecified atom stereocenters. The molecule has 0 aromatic rings. The number of rotatable bonds is 24. The fraction of sp³-hybridized carbons (Fsp3) is 0.958. The van der Waals surface area contributed by atoms with Crippen LogP contribution in [0.5, 0.6) is 0 Å². The molecule has 0 heterocycles. The third kappa shape index (κ3) is 22.5. The van der Waals surface area contributed by atoms with Crippen LogP contribution in [-0.4, -0.2) is 42.4 Å². The zero-order chi connectivity index (χ0) is 24.8. The first-order valence-electron chi connectivity index (χ1n) is 12.9. The Morgan fingerprint density at radius 2 is 1.39 bits per heavy atom. The highest BCUT2D eigenvalue weighted by Crippen LogP contribution is 2.23. The van der Waals surface area contributed by atoms with Crippen LogP contribution in [0.2, 0.25) is 0 Å². The number of nitrogens with one attached hydrogen (secondary N) is 1. The van der Waals surface area contributed by atoms with Crippen LogP contribution in [0.25, 0.3) is 0 Å². The summed E-state index contributed by atoms with van der Waals surface area (Å²) in [6.45, 7) is 4.39.